The van der Waals surface area contributed by atoms with E-state index in [1.54, 1.807) is 0 Å². The first-order valence-electron chi connectivity index (χ1n) is 9.46. The van der Waals surface area contributed by atoms with E-state index >= 15 is 0 Å². The Morgan fingerprint density at radius 1 is 1.04 bits per heavy atom. The molecule has 2 bridgehead atoms. The molecule has 5 heterocycles. The highest BCUT2D eigenvalue weighted by molar-refractivity contribution is 5.78. The van der Waals surface area contributed by atoms with Crippen LogP contribution in [0.15, 0.2) is 55.2 Å². The Morgan fingerprint density at radius 2 is 1.85 bits per heavy atom. The predicted molar refractivity (Wildman–Crippen MR) is 101 cm³/mol. The van der Waals surface area contributed by atoms with Crippen LogP contribution in [0.1, 0.15) is 31.2 Å². The minimum Gasteiger partial charge on any atom is -0.388 e. The molecule has 3 aromatic heterocycles. The van der Waals surface area contributed by atoms with E-state index in [0.29, 0.717) is 18.6 Å². The van der Waals surface area contributed by atoms with Gasteiger partial charge in [-0.3, -0.25) is 14.9 Å². The average Bonchev–Trinajstić information content (AvgIpc) is 3.15. The van der Waals surface area contributed by atoms with E-state index in [1.165, 1.54) is 23.8 Å². The second-order valence-electron chi connectivity index (χ2n) is 7.93. The van der Waals surface area contributed by atoms with Crippen LogP contribution >= 0.6 is 0 Å². The van der Waals surface area contributed by atoms with E-state index < -0.39 is 5.60 Å². The van der Waals surface area contributed by atoms with Gasteiger partial charge in [-0.2, -0.15) is 0 Å². The summed E-state index contributed by atoms with van der Waals surface area (Å²) >= 11 is 0. The topological polar surface area (TPSA) is 54.2 Å². The van der Waals surface area contributed by atoms with Crippen LogP contribution in [0.3, 0.4) is 0 Å². The van der Waals surface area contributed by atoms with Crippen molar-refractivity contribution < 1.29 is 5.11 Å². The summed E-state index contributed by atoms with van der Waals surface area (Å²) in [7, 11) is 0. The van der Waals surface area contributed by atoms with Crippen LogP contribution in [0.25, 0.3) is 10.9 Å². The molecule has 0 aromatic carbocycles. The minimum absolute atomic E-state index is 0.457. The zero-order chi connectivity index (χ0) is 17.6. The maximum atomic E-state index is 11.4. The Bertz CT molecular complexity index is 893. The number of aliphatic hydroxyl groups is 1. The summed E-state index contributed by atoms with van der Waals surface area (Å²) in [5, 5.41) is 12.6. The van der Waals surface area contributed by atoms with E-state index in [2.05, 4.69) is 37.8 Å². The van der Waals surface area contributed by atoms with Gasteiger partial charge >= 0.3 is 0 Å². The Balaban J connectivity index is 1.35. The molecule has 2 atom stereocenters. The summed E-state index contributed by atoms with van der Waals surface area (Å²) in [5.74, 6) is 0. The van der Waals surface area contributed by atoms with E-state index in [0.717, 1.165) is 24.9 Å². The molecule has 2 saturated heterocycles. The second-order valence-corrected chi connectivity index (χ2v) is 7.93. The lowest BCUT2D eigenvalue weighted by molar-refractivity contribution is -0.0644. The zero-order valence-electron chi connectivity index (χ0n) is 14.8. The van der Waals surface area contributed by atoms with Crippen molar-refractivity contribution in [2.75, 3.05) is 0 Å². The molecule has 0 saturated carbocycles. The van der Waals surface area contributed by atoms with Crippen molar-refractivity contribution in [1.29, 1.82) is 0 Å². The van der Waals surface area contributed by atoms with Crippen LogP contribution in [0, 0.1) is 0 Å². The summed E-state index contributed by atoms with van der Waals surface area (Å²) in [6.45, 7) is 1.59. The molecule has 2 aliphatic heterocycles. The first-order valence-corrected chi connectivity index (χ1v) is 9.46. The number of piperidine rings is 1. The number of hydrogen-bond acceptors (Lipinski definition) is 4. The van der Waals surface area contributed by atoms with Crippen molar-refractivity contribution in [3.05, 3.63) is 60.8 Å². The molecule has 0 radical (unpaired) electrons. The molecule has 5 rings (SSSR count). The molecule has 5 nitrogen and oxygen atoms in total. The van der Waals surface area contributed by atoms with Crippen molar-refractivity contribution in [2.45, 2.75) is 56.5 Å². The van der Waals surface area contributed by atoms with Gasteiger partial charge in [-0.05, 0) is 49.4 Å². The van der Waals surface area contributed by atoms with Crippen molar-refractivity contribution >= 4 is 10.9 Å². The van der Waals surface area contributed by atoms with Gasteiger partial charge in [0.2, 0.25) is 0 Å². The van der Waals surface area contributed by atoms with Gasteiger partial charge in [0.15, 0.2) is 0 Å². The van der Waals surface area contributed by atoms with E-state index in [-0.39, 0.29) is 0 Å². The molecule has 26 heavy (non-hydrogen) atoms. The lowest BCUT2D eigenvalue weighted by atomic mass is 9.85. The van der Waals surface area contributed by atoms with Crippen LogP contribution in [0.4, 0.5) is 0 Å². The van der Waals surface area contributed by atoms with Crippen LogP contribution in [0.5, 0.6) is 0 Å². The Kier molecular flexibility index (Phi) is 3.80. The fourth-order valence-corrected chi connectivity index (χ4v) is 4.99. The van der Waals surface area contributed by atoms with Gasteiger partial charge in [0.1, 0.15) is 0 Å². The molecule has 2 aliphatic rings. The molecule has 0 aliphatic carbocycles. The molecule has 0 spiro atoms. The first-order chi connectivity index (χ1) is 12.7. The summed E-state index contributed by atoms with van der Waals surface area (Å²) in [5.41, 5.74) is 1.72. The largest absolute Gasteiger partial charge is 0.388 e. The molecule has 1 N–H and O–H groups in total. The summed E-state index contributed by atoms with van der Waals surface area (Å²) in [4.78, 5) is 11.1. The smallest absolute Gasteiger partial charge is 0.0855 e. The zero-order valence-corrected chi connectivity index (χ0v) is 14.8. The normalized spacial score (nSPS) is 28.7. The number of pyridine rings is 2. The summed E-state index contributed by atoms with van der Waals surface area (Å²) in [6, 6.07) is 9.19. The predicted octanol–water partition coefficient (Wildman–Crippen LogP) is 2.99. The number of fused-ring (bicyclic) bond motifs is 3. The highest BCUT2D eigenvalue weighted by Crippen LogP contribution is 2.42. The van der Waals surface area contributed by atoms with Gasteiger partial charge < -0.3 is 9.67 Å². The quantitative estimate of drug-likeness (QED) is 0.787. The number of rotatable bonds is 4. The minimum atomic E-state index is -0.640. The van der Waals surface area contributed by atoms with Crippen molar-refractivity contribution in [2.24, 2.45) is 0 Å². The third-order valence-electron chi connectivity index (χ3n) is 6.13. The Hall–Kier alpha value is -2.24. The highest BCUT2D eigenvalue weighted by atomic mass is 16.3. The van der Waals surface area contributed by atoms with Gasteiger partial charge in [0.05, 0.1) is 23.9 Å². The number of nitrogens with zero attached hydrogens (tertiary/aromatic N) is 4. The molecule has 5 heteroatoms. The SMILES string of the molecule is OC1(Cn2ccc3ccncc32)C[C@@H]2CC[C@@H](C1)N2Cc1cccnc1. The van der Waals surface area contributed by atoms with E-state index in [4.69, 9.17) is 0 Å². The number of aromatic nitrogens is 3. The molecule has 0 amide bonds. The van der Waals surface area contributed by atoms with Gasteiger partial charge in [0.25, 0.3) is 0 Å². The van der Waals surface area contributed by atoms with Crippen LogP contribution in [0.2, 0.25) is 0 Å². The molecule has 134 valence electrons. The molecular weight excluding hydrogens is 324 g/mol. The summed E-state index contributed by atoms with van der Waals surface area (Å²) in [6.07, 6.45) is 13.6. The average molecular weight is 348 g/mol. The van der Waals surface area contributed by atoms with Gasteiger partial charge in [-0.25, -0.2) is 0 Å². The molecule has 2 fully saturated rings. The fraction of sp³-hybridized carbons (Fsp3) is 0.429. The van der Waals surface area contributed by atoms with Gasteiger partial charge in [-0.15, -0.1) is 0 Å². The molecular formula is C21H24N4O. The van der Waals surface area contributed by atoms with Crippen LogP contribution in [-0.2, 0) is 13.1 Å². The van der Waals surface area contributed by atoms with Gasteiger partial charge in [0, 0.05) is 48.8 Å². The Labute approximate surface area is 153 Å². The molecule has 3 aromatic rings. The Morgan fingerprint density at radius 3 is 2.62 bits per heavy atom. The fourth-order valence-electron chi connectivity index (χ4n) is 4.99. The third kappa shape index (κ3) is 2.81. The maximum Gasteiger partial charge on any atom is 0.0855 e. The number of hydrogen-bond donors (Lipinski definition) is 1. The van der Waals surface area contributed by atoms with E-state index in [9.17, 15) is 5.11 Å². The lowest BCUT2D eigenvalue weighted by Gasteiger charge is -2.44. The monoisotopic (exact) mass is 348 g/mol. The van der Waals surface area contributed by atoms with Crippen LogP contribution < -0.4 is 0 Å². The van der Waals surface area contributed by atoms with Crippen molar-refractivity contribution in [3.63, 3.8) is 0 Å². The highest BCUT2D eigenvalue weighted by Gasteiger charge is 2.47. The molecule has 0 unspecified atom stereocenters. The second kappa shape index (κ2) is 6.18. The maximum absolute atomic E-state index is 11.4. The standard InChI is InChI=1S/C21H24N4O/c26-21(15-24-9-6-17-5-8-23-13-20(17)24)10-18-3-4-19(11-21)25(18)14-16-2-1-7-22-12-16/h1-2,5-9,12-13,18-19,26H,3-4,10-11,14-15H2/t18-,19-/m0/s1. The third-order valence-corrected chi connectivity index (χ3v) is 6.13. The summed E-state index contributed by atoms with van der Waals surface area (Å²) < 4.78 is 2.17. The van der Waals surface area contributed by atoms with Crippen LogP contribution in [-0.4, -0.2) is 42.2 Å². The lowest BCUT2D eigenvalue weighted by Crippen LogP contribution is -2.52. The van der Waals surface area contributed by atoms with Crippen molar-refractivity contribution in [3.8, 4) is 0 Å². The van der Waals surface area contributed by atoms with Crippen molar-refractivity contribution in [1.82, 2.24) is 19.4 Å². The first kappa shape index (κ1) is 16.0. The van der Waals surface area contributed by atoms with Gasteiger partial charge in [-0.1, -0.05) is 6.07 Å². The van der Waals surface area contributed by atoms with E-state index in [1.807, 2.05) is 36.9 Å².